The third-order valence-corrected chi connectivity index (χ3v) is 6.15. The van der Waals surface area contributed by atoms with Crippen LogP contribution in [0.5, 0.6) is 5.75 Å². The van der Waals surface area contributed by atoms with Crippen LogP contribution in [0.25, 0.3) is 0 Å². The summed E-state index contributed by atoms with van der Waals surface area (Å²) in [6.07, 6.45) is 0.490. The van der Waals surface area contributed by atoms with Crippen LogP contribution in [0.15, 0.2) is 24.3 Å². The van der Waals surface area contributed by atoms with Gasteiger partial charge in [-0.2, -0.15) is 0 Å². The van der Waals surface area contributed by atoms with Gasteiger partial charge >= 0.3 is 11.9 Å². The van der Waals surface area contributed by atoms with Crippen molar-refractivity contribution in [3.05, 3.63) is 29.8 Å². The SMILES string of the molecule is CC(C)CC(NC(=O)C(N)Cc1ccc(O)cc1)C(=O)NC(CCC(=O)O)C(=O)N1CCCC1C(=O)O. The maximum absolute atomic E-state index is 13.2. The number of carboxylic acid groups (broad SMARTS) is 2. The summed E-state index contributed by atoms with van der Waals surface area (Å²) in [7, 11) is 0. The Morgan fingerprint density at radius 3 is 2.22 bits per heavy atom. The van der Waals surface area contributed by atoms with E-state index in [9.17, 15) is 34.2 Å². The number of carbonyl (C=O) groups is 5. The highest BCUT2D eigenvalue weighted by Crippen LogP contribution is 2.20. The molecule has 1 aliphatic heterocycles. The molecule has 1 aliphatic rings. The second-order valence-electron chi connectivity index (χ2n) is 9.69. The van der Waals surface area contributed by atoms with E-state index in [2.05, 4.69) is 10.6 Å². The van der Waals surface area contributed by atoms with Gasteiger partial charge in [0, 0.05) is 13.0 Å². The molecule has 1 saturated heterocycles. The fraction of sp³-hybridized carbons (Fsp3) is 0.560. The highest BCUT2D eigenvalue weighted by atomic mass is 16.4. The minimum atomic E-state index is -1.26. The summed E-state index contributed by atoms with van der Waals surface area (Å²) < 4.78 is 0. The van der Waals surface area contributed by atoms with Gasteiger partial charge in [0.1, 0.15) is 23.9 Å². The van der Waals surface area contributed by atoms with Crippen molar-refractivity contribution < 1.29 is 39.3 Å². The van der Waals surface area contributed by atoms with Crippen molar-refractivity contribution in [2.75, 3.05) is 6.54 Å². The first-order valence-electron chi connectivity index (χ1n) is 12.3. The van der Waals surface area contributed by atoms with Gasteiger partial charge in [-0.05, 0) is 55.7 Å². The van der Waals surface area contributed by atoms with E-state index in [1.807, 2.05) is 13.8 Å². The zero-order valence-corrected chi connectivity index (χ0v) is 21.1. The standard InChI is InChI=1S/C25H36N4O8/c1-14(2)12-19(28-22(33)17(26)13-15-5-7-16(30)8-6-15)23(34)27-18(9-10-21(31)32)24(35)29-11-3-4-20(29)25(36)37/h5-8,14,17-20,30H,3-4,9-13,26H2,1-2H3,(H,27,34)(H,28,33)(H,31,32)(H,36,37). The second kappa shape index (κ2) is 13.6. The van der Waals surface area contributed by atoms with Crippen LogP contribution < -0.4 is 16.4 Å². The van der Waals surface area contributed by atoms with Crippen LogP contribution in [-0.4, -0.2) is 80.6 Å². The minimum absolute atomic E-state index is 0.0208. The summed E-state index contributed by atoms with van der Waals surface area (Å²) in [5.41, 5.74) is 6.75. The predicted octanol–water partition coefficient (Wildman–Crippen LogP) is 0.218. The van der Waals surface area contributed by atoms with Gasteiger partial charge in [-0.15, -0.1) is 0 Å². The van der Waals surface area contributed by atoms with Crippen molar-refractivity contribution in [1.29, 1.82) is 0 Å². The van der Waals surface area contributed by atoms with E-state index in [1.54, 1.807) is 12.1 Å². The second-order valence-corrected chi connectivity index (χ2v) is 9.69. The number of nitrogens with zero attached hydrogens (tertiary/aromatic N) is 1. The lowest BCUT2D eigenvalue weighted by atomic mass is 10.0. The van der Waals surface area contributed by atoms with E-state index in [0.717, 1.165) is 4.90 Å². The average Bonchev–Trinajstić information content (AvgIpc) is 3.32. The molecule has 0 radical (unpaired) electrons. The fourth-order valence-electron chi connectivity index (χ4n) is 4.25. The molecule has 7 N–H and O–H groups in total. The van der Waals surface area contributed by atoms with E-state index < -0.39 is 60.2 Å². The van der Waals surface area contributed by atoms with E-state index in [0.29, 0.717) is 12.0 Å². The Morgan fingerprint density at radius 1 is 1.03 bits per heavy atom. The van der Waals surface area contributed by atoms with Gasteiger partial charge in [-0.1, -0.05) is 26.0 Å². The Bertz CT molecular complexity index is 981. The van der Waals surface area contributed by atoms with E-state index in [4.69, 9.17) is 10.8 Å². The number of rotatable bonds is 13. The van der Waals surface area contributed by atoms with Gasteiger partial charge in [-0.3, -0.25) is 19.2 Å². The van der Waals surface area contributed by atoms with Crippen molar-refractivity contribution in [2.45, 2.75) is 76.5 Å². The summed E-state index contributed by atoms with van der Waals surface area (Å²) in [6.45, 7) is 3.88. The lowest BCUT2D eigenvalue weighted by Gasteiger charge is -2.29. The molecule has 12 heteroatoms. The third-order valence-electron chi connectivity index (χ3n) is 6.15. The van der Waals surface area contributed by atoms with Gasteiger partial charge in [0.05, 0.1) is 6.04 Å². The van der Waals surface area contributed by atoms with Gasteiger partial charge < -0.3 is 36.6 Å². The molecule has 37 heavy (non-hydrogen) atoms. The number of phenols is 1. The van der Waals surface area contributed by atoms with E-state index in [-0.39, 0.29) is 43.9 Å². The van der Waals surface area contributed by atoms with Crippen LogP contribution in [0.3, 0.4) is 0 Å². The quantitative estimate of drug-likeness (QED) is 0.210. The fourth-order valence-corrected chi connectivity index (χ4v) is 4.25. The van der Waals surface area contributed by atoms with Crippen molar-refractivity contribution in [3.8, 4) is 5.75 Å². The normalized spacial score (nSPS) is 17.6. The molecule has 0 spiro atoms. The van der Waals surface area contributed by atoms with Crippen LogP contribution >= 0.6 is 0 Å². The molecule has 0 aromatic heterocycles. The van der Waals surface area contributed by atoms with E-state index in [1.165, 1.54) is 12.1 Å². The lowest BCUT2D eigenvalue weighted by molar-refractivity contribution is -0.150. The number of hydrogen-bond acceptors (Lipinski definition) is 7. The zero-order chi connectivity index (χ0) is 27.7. The van der Waals surface area contributed by atoms with Crippen molar-refractivity contribution in [1.82, 2.24) is 15.5 Å². The maximum Gasteiger partial charge on any atom is 0.326 e. The molecule has 0 saturated carbocycles. The number of benzene rings is 1. The Labute approximate surface area is 215 Å². The molecular formula is C25H36N4O8. The number of amides is 3. The molecule has 1 heterocycles. The van der Waals surface area contributed by atoms with Gasteiger partial charge in [0.2, 0.25) is 17.7 Å². The highest BCUT2D eigenvalue weighted by molar-refractivity contribution is 5.94. The monoisotopic (exact) mass is 520 g/mol. The first-order chi connectivity index (χ1) is 17.4. The number of nitrogens with two attached hydrogens (primary N) is 1. The summed E-state index contributed by atoms with van der Waals surface area (Å²) in [5.74, 6) is -4.23. The molecule has 0 bridgehead atoms. The number of aliphatic carboxylic acids is 2. The Hall–Kier alpha value is -3.67. The zero-order valence-electron chi connectivity index (χ0n) is 21.1. The topological polar surface area (TPSA) is 199 Å². The molecule has 3 amide bonds. The largest absolute Gasteiger partial charge is 0.508 e. The van der Waals surface area contributed by atoms with Gasteiger partial charge in [0.15, 0.2) is 0 Å². The molecule has 0 aliphatic carbocycles. The van der Waals surface area contributed by atoms with Crippen LogP contribution in [0.4, 0.5) is 0 Å². The summed E-state index contributed by atoms with van der Waals surface area (Å²) >= 11 is 0. The highest BCUT2D eigenvalue weighted by Gasteiger charge is 2.38. The van der Waals surface area contributed by atoms with Gasteiger partial charge in [0.25, 0.3) is 0 Å². The Balaban J connectivity index is 2.14. The summed E-state index contributed by atoms with van der Waals surface area (Å²) in [4.78, 5) is 63.0. The number of aromatic hydroxyl groups is 1. The van der Waals surface area contributed by atoms with Crippen molar-refractivity contribution in [3.63, 3.8) is 0 Å². The number of carbonyl (C=O) groups excluding carboxylic acids is 3. The number of hydrogen-bond donors (Lipinski definition) is 6. The van der Waals surface area contributed by atoms with Crippen molar-refractivity contribution in [2.24, 2.45) is 11.7 Å². The van der Waals surface area contributed by atoms with Crippen molar-refractivity contribution >= 4 is 29.7 Å². The molecular weight excluding hydrogens is 484 g/mol. The summed E-state index contributed by atoms with van der Waals surface area (Å²) in [5, 5.41) is 33.1. The third kappa shape index (κ3) is 9.05. The van der Waals surface area contributed by atoms with Gasteiger partial charge in [-0.25, -0.2) is 4.79 Å². The minimum Gasteiger partial charge on any atom is -0.508 e. The first-order valence-corrected chi connectivity index (χ1v) is 12.3. The Kier molecular flexibility index (Phi) is 10.9. The molecule has 2 rings (SSSR count). The Morgan fingerprint density at radius 2 is 1.65 bits per heavy atom. The van der Waals surface area contributed by atoms with Crippen LogP contribution in [0.1, 0.15) is 51.5 Å². The lowest BCUT2D eigenvalue weighted by Crippen LogP contribution is -2.57. The molecule has 204 valence electrons. The smallest absolute Gasteiger partial charge is 0.326 e. The van der Waals surface area contributed by atoms with E-state index >= 15 is 0 Å². The number of nitrogens with one attached hydrogen (secondary N) is 2. The molecule has 4 atom stereocenters. The molecule has 1 aromatic rings. The number of carboxylic acids is 2. The average molecular weight is 521 g/mol. The number of phenolic OH excluding ortho intramolecular Hbond substituents is 1. The molecule has 1 aromatic carbocycles. The summed E-state index contributed by atoms with van der Waals surface area (Å²) in [6, 6.07) is 1.85. The maximum atomic E-state index is 13.2. The molecule has 12 nitrogen and oxygen atoms in total. The van der Waals surface area contributed by atoms with Crippen LogP contribution in [0.2, 0.25) is 0 Å². The van der Waals surface area contributed by atoms with Crippen LogP contribution in [-0.2, 0) is 30.4 Å². The first kappa shape index (κ1) is 29.6. The predicted molar refractivity (Wildman–Crippen MR) is 132 cm³/mol. The van der Waals surface area contributed by atoms with Crippen LogP contribution in [0, 0.1) is 5.92 Å². The number of likely N-dealkylation sites (tertiary alicyclic amines) is 1. The molecule has 1 fully saturated rings. The molecule has 4 unspecified atom stereocenters.